The van der Waals surface area contributed by atoms with E-state index >= 15 is 0 Å². The predicted octanol–water partition coefficient (Wildman–Crippen LogP) is 1.91. The summed E-state index contributed by atoms with van der Waals surface area (Å²) in [5.74, 6) is -0.101. The molecule has 0 spiro atoms. The van der Waals surface area contributed by atoms with E-state index in [1.54, 1.807) is 6.07 Å². The highest BCUT2D eigenvalue weighted by molar-refractivity contribution is 5.18. The van der Waals surface area contributed by atoms with Crippen molar-refractivity contribution < 1.29 is 4.39 Å². The molecule has 1 aromatic carbocycles. The fourth-order valence-corrected chi connectivity index (χ4v) is 1.65. The largest absolute Gasteiger partial charge is 0.318 e. The first-order valence-corrected chi connectivity index (χ1v) is 5.73. The average molecular weight is 224 g/mol. The maximum absolute atomic E-state index is 13.4. The third-order valence-electron chi connectivity index (χ3n) is 2.94. The second kappa shape index (κ2) is 6.61. The van der Waals surface area contributed by atoms with Crippen molar-refractivity contribution in [1.82, 2.24) is 10.2 Å². The number of hydrogen-bond acceptors (Lipinski definition) is 2. The Morgan fingerprint density at radius 2 is 2.06 bits per heavy atom. The fraction of sp³-hybridized carbons (Fsp3) is 0.538. The minimum absolute atomic E-state index is 0.101. The van der Waals surface area contributed by atoms with Crippen molar-refractivity contribution in [3.8, 4) is 0 Å². The summed E-state index contributed by atoms with van der Waals surface area (Å²) in [7, 11) is 4.01. The molecule has 1 N–H and O–H groups in total. The number of benzene rings is 1. The van der Waals surface area contributed by atoms with Crippen LogP contribution in [0.1, 0.15) is 12.5 Å². The molecule has 0 fully saturated rings. The van der Waals surface area contributed by atoms with Gasteiger partial charge in [0, 0.05) is 19.1 Å². The van der Waals surface area contributed by atoms with Gasteiger partial charge in [-0.25, -0.2) is 4.39 Å². The van der Waals surface area contributed by atoms with E-state index in [1.807, 2.05) is 19.2 Å². The van der Waals surface area contributed by atoms with Crippen molar-refractivity contribution >= 4 is 0 Å². The maximum Gasteiger partial charge on any atom is 0.126 e. The highest BCUT2D eigenvalue weighted by atomic mass is 19.1. The van der Waals surface area contributed by atoms with Gasteiger partial charge in [-0.3, -0.25) is 0 Å². The van der Waals surface area contributed by atoms with Gasteiger partial charge in [0.2, 0.25) is 0 Å². The molecular formula is C13H21FN2. The SMILES string of the molecule is CNCCN(C)C(C)Cc1ccccc1F. The van der Waals surface area contributed by atoms with E-state index in [2.05, 4.69) is 24.2 Å². The van der Waals surface area contributed by atoms with Crippen molar-refractivity contribution in [2.75, 3.05) is 27.2 Å². The second-order valence-corrected chi connectivity index (χ2v) is 4.23. The van der Waals surface area contributed by atoms with Gasteiger partial charge < -0.3 is 10.2 Å². The number of rotatable bonds is 6. The molecule has 0 heterocycles. The molecule has 0 bridgehead atoms. The van der Waals surface area contributed by atoms with E-state index in [9.17, 15) is 4.39 Å². The van der Waals surface area contributed by atoms with E-state index in [-0.39, 0.29) is 5.82 Å². The molecule has 2 nitrogen and oxygen atoms in total. The Morgan fingerprint density at radius 3 is 2.69 bits per heavy atom. The van der Waals surface area contributed by atoms with Gasteiger partial charge in [0.1, 0.15) is 5.82 Å². The van der Waals surface area contributed by atoms with Crippen LogP contribution in [0.15, 0.2) is 24.3 Å². The lowest BCUT2D eigenvalue weighted by atomic mass is 10.1. The minimum atomic E-state index is -0.101. The zero-order valence-electron chi connectivity index (χ0n) is 10.3. The van der Waals surface area contributed by atoms with Crippen LogP contribution < -0.4 is 5.32 Å². The Kier molecular flexibility index (Phi) is 5.43. The molecule has 1 rings (SSSR count). The van der Waals surface area contributed by atoms with Crippen molar-refractivity contribution in [1.29, 1.82) is 0 Å². The maximum atomic E-state index is 13.4. The summed E-state index contributed by atoms with van der Waals surface area (Å²) in [4.78, 5) is 2.24. The standard InChI is InChI=1S/C13H21FN2/c1-11(16(3)9-8-15-2)10-12-6-4-5-7-13(12)14/h4-7,11,15H,8-10H2,1-3H3. The number of nitrogens with zero attached hydrogens (tertiary/aromatic N) is 1. The zero-order chi connectivity index (χ0) is 12.0. The van der Waals surface area contributed by atoms with Crippen LogP contribution in [-0.2, 0) is 6.42 Å². The molecular weight excluding hydrogens is 203 g/mol. The molecule has 0 amide bonds. The lowest BCUT2D eigenvalue weighted by Gasteiger charge is -2.24. The van der Waals surface area contributed by atoms with Gasteiger partial charge in [0.05, 0.1) is 0 Å². The molecule has 0 aliphatic heterocycles. The molecule has 0 saturated heterocycles. The Bertz CT molecular complexity index is 315. The predicted molar refractivity (Wildman–Crippen MR) is 66.1 cm³/mol. The molecule has 0 saturated carbocycles. The summed E-state index contributed by atoms with van der Waals surface area (Å²) < 4.78 is 13.4. The van der Waals surface area contributed by atoms with Crippen molar-refractivity contribution in [2.24, 2.45) is 0 Å². The van der Waals surface area contributed by atoms with Crippen LogP contribution in [0.4, 0.5) is 4.39 Å². The first-order chi connectivity index (χ1) is 7.65. The Balaban J connectivity index is 2.50. The molecule has 0 aliphatic rings. The van der Waals surface area contributed by atoms with Crippen molar-refractivity contribution in [2.45, 2.75) is 19.4 Å². The van der Waals surface area contributed by atoms with Gasteiger partial charge >= 0.3 is 0 Å². The highest BCUT2D eigenvalue weighted by Crippen LogP contribution is 2.11. The topological polar surface area (TPSA) is 15.3 Å². The molecule has 90 valence electrons. The van der Waals surface area contributed by atoms with Crippen LogP contribution in [0.3, 0.4) is 0 Å². The minimum Gasteiger partial charge on any atom is -0.318 e. The molecule has 3 heteroatoms. The lowest BCUT2D eigenvalue weighted by Crippen LogP contribution is -2.35. The van der Waals surface area contributed by atoms with Gasteiger partial charge in [0.25, 0.3) is 0 Å². The molecule has 16 heavy (non-hydrogen) atoms. The summed E-state index contributed by atoms with van der Waals surface area (Å²) in [5, 5.41) is 3.11. The smallest absolute Gasteiger partial charge is 0.126 e. The molecule has 0 radical (unpaired) electrons. The van der Waals surface area contributed by atoms with Crippen molar-refractivity contribution in [3.05, 3.63) is 35.6 Å². The number of hydrogen-bond donors (Lipinski definition) is 1. The second-order valence-electron chi connectivity index (χ2n) is 4.23. The molecule has 1 atom stereocenters. The van der Waals surface area contributed by atoms with E-state index in [1.165, 1.54) is 6.07 Å². The van der Waals surface area contributed by atoms with Gasteiger partial charge in [-0.1, -0.05) is 18.2 Å². The third kappa shape index (κ3) is 3.91. The summed E-state index contributed by atoms with van der Waals surface area (Å²) in [6.45, 7) is 4.06. The van der Waals surface area contributed by atoms with Crippen LogP contribution in [0, 0.1) is 5.82 Å². The molecule has 0 aromatic heterocycles. The first-order valence-electron chi connectivity index (χ1n) is 5.73. The monoisotopic (exact) mass is 224 g/mol. The highest BCUT2D eigenvalue weighted by Gasteiger charge is 2.11. The van der Waals surface area contributed by atoms with Gasteiger partial charge in [0.15, 0.2) is 0 Å². The van der Waals surface area contributed by atoms with Gasteiger partial charge in [-0.2, -0.15) is 0 Å². The fourth-order valence-electron chi connectivity index (χ4n) is 1.65. The zero-order valence-corrected chi connectivity index (χ0v) is 10.3. The normalized spacial score (nSPS) is 13.1. The molecule has 1 aromatic rings. The van der Waals surface area contributed by atoms with Crippen LogP contribution in [0.5, 0.6) is 0 Å². The summed E-state index contributed by atoms with van der Waals surface area (Å²) in [6.07, 6.45) is 0.757. The average Bonchev–Trinajstić information content (AvgIpc) is 2.28. The van der Waals surface area contributed by atoms with Gasteiger partial charge in [-0.15, -0.1) is 0 Å². The van der Waals surface area contributed by atoms with Crippen LogP contribution in [0.2, 0.25) is 0 Å². The van der Waals surface area contributed by atoms with Gasteiger partial charge in [-0.05, 0) is 39.1 Å². The van der Waals surface area contributed by atoms with E-state index in [0.29, 0.717) is 6.04 Å². The molecule has 0 aliphatic carbocycles. The first kappa shape index (κ1) is 13.1. The molecule has 1 unspecified atom stereocenters. The Labute approximate surface area is 97.5 Å². The van der Waals surface area contributed by atoms with E-state index in [0.717, 1.165) is 25.1 Å². The van der Waals surface area contributed by atoms with E-state index in [4.69, 9.17) is 0 Å². The number of halogens is 1. The third-order valence-corrected chi connectivity index (χ3v) is 2.94. The summed E-state index contributed by atoms with van der Waals surface area (Å²) >= 11 is 0. The number of likely N-dealkylation sites (N-methyl/N-ethyl adjacent to an activating group) is 2. The Morgan fingerprint density at radius 1 is 1.38 bits per heavy atom. The van der Waals surface area contributed by atoms with Crippen LogP contribution >= 0.6 is 0 Å². The van der Waals surface area contributed by atoms with E-state index < -0.39 is 0 Å². The number of nitrogens with one attached hydrogen (secondary N) is 1. The summed E-state index contributed by atoms with van der Waals surface area (Å²) in [6, 6.07) is 7.35. The van der Waals surface area contributed by atoms with Crippen LogP contribution in [0.25, 0.3) is 0 Å². The van der Waals surface area contributed by atoms with Crippen molar-refractivity contribution in [3.63, 3.8) is 0 Å². The Hall–Kier alpha value is -0.930. The van der Waals surface area contributed by atoms with Crippen LogP contribution in [-0.4, -0.2) is 38.1 Å². The quantitative estimate of drug-likeness (QED) is 0.794. The lowest BCUT2D eigenvalue weighted by molar-refractivity contribution is 0.256. The summed E-state index contributed by atoms with van der Waals surface area (Å²) in [5.41, 5.74) is 0.798.